The van der Waals surface area contributed by atoms with E-state index in [0.717, 1.165) is 20.8 Å². The van der Waals surface area contributed by atoms with Crippen LogP contribution in [0.3, 0.4) is 0 Å². The molecule has 0 unspecified atom stereocenters. The van der Waals surface area contributed by atoms with E-state index < -0.39 is 29.7 Å². The monoisotopic (exact) mass is 664 g/mol. The molecule has 0 aliphatic carbocycles. The summed E-state index contributed by atoms with van der Waals surface area (Å²) >= 11 is 2.22. The first-order chi connectivity index (χ1) is 19.2. The van der Waals surface area contributed by atoms with Crippen LogP contribution in [0.25, 0.3) is 0 Å². The highest BCUT2D eigenvalue weighted by molar-refractivity contribution is 14.1. The molecule has 0 spiro atoms. The van der Waals surface area contributed by atoms with Gasteiger partial charge >= 0.3 is 0 Å². The van der Waals surface area contributed by atoms with Crippen molar-refractivity contribution in [3.05, 3.63) is 92.1 Å². The molecule has 1 heterocycles. The Morgan fingerprint density at radius 2 is 1.85 bits per heavy atom. The second kappa shape index (κ2) is 14.0. The fourth-order valence-corrected chi connectivity index (χ4v) is 5.36. The van der Waals surface area contributed by atoms with Gasteiger partial charge in [-0.2, -0.15) is 0 Å². The number of Topliss-reactive ketones (excluding diaryl/α,β-unsaturated/α-hetero) is 1. The molecule has 3 N–H and O–H groups in total. The quantitative estimate of drug-likeness (QED) is 0.186. The second-order valence-electron chi connectivity index (χ2n) is 9.63. The molecule has 212 valence electrons. The summed E-state index contributed by atoms with van der Waals surface area (Å²) in [5.74, 6) is -1.03. The Labute approximate surface area is 245 Å². The molecule has 3 aromatic carbocycles. The van der Waals surface area contributed by atoms with Crippen LogP contribution in [0.15, 0.2) is 54.6 Å². The van der Waals surface area contributed by atoms with Crippen molar-refractivity contribution in [2.75, 3.05) is 20.3 Å². The van der Waals surface area contributed by atoms with Gasteiger partial charge in [-0.15, -0.1) is 0 Å². The van der Waals surface area contributed by atoms with Crippen LogP contribution in [0.5, 0.6) is 11.5 Å². The molecule has 0 bridgehead atoms. The Hall–Kier alpha value is -3.09. The van der Waals surface area contributed by atoms with E-state index in [4.69, 9.17) is 9.47 Å². The minimum Gasteiger partial charge on any atom is -0.493 e. The number of fused-ring (bicyclic) bond motifs is 1. The van der Waals surface area contributed by atoms with E-state index in [1.165, 1.54) is 19.2 Å². The number of aliphatic hydroxyl groups is 1. The molecule has 1 aliphatic heterocycles. The van der Waals surface area contributed by atoms with Crippen molar-refractivity contribution in [2.45, 2.75) is 44.4 Å². The van der Waals surface area contributed by atoms with E-state index in [2.05, 4.69) is 33.2 Å². The minimum atomic E-state index is -1.06. The van der Waals surface area contributed by atoms with Gasteiger partial charge in [-0.3, -0.25) is 9.59 Å². The molecule has 0 aromatic heterocycles. The molecule has 1 amide bonds. The van der Waals surface area contributed by atoms with Crippen molar-refractivity contribution < 1.29 is 33.0 Å². The van der Waals surface area contributed by atoms with Gasteiger partial charge in [0, 0.05) is 53.1 Å². The number of ketones is 1. The average Bonchev–Trinajstić information content (AvgIpc) is 3.40. The van der Waals surface area contributed by atoms with Crippen molar-refractivity contribution in [1.82, 2.24) is 10.6 Å². The maximum absolute atomic E-state index is 13.8. The number of hydrogen-bond acceptors (Lipinski definition) is 6. The predicted octanol–water partition coefficient (Wildman–Crippen LogP) is 4.35. The van der Waals surface area contributed by atoms with Crippen LogP contribution in [-0.2, 0) is 24.2 Å². The van der Waals surface area contributed by atoms with Gasteiger partial charge in [0.25, 0.3) is 0 Å². The summed E-state index contributed by atoms with van der Waals surface area (Å²) in [5.41, 5.74) is 2.59. The van der Waals surface area contributed by atoms with Crippen LogP contribution in [0.1, 0.15) is 39.9 Å². The van der Waals surface area contributed by atoms with E-state index in [0.29, 0.717) is 42.2 Å². The van der Waals surface area contributed by atoms with Gasteiger partial charge in [-0.1, -0.05) is 12.1 Å². The van der Waals surface area contributed by atoms with Gasteiger partial charge in [0.2, 0.25) is 5.91 Å². The number of rotatable bonds is 13. The number of benzene rings is 3. The zero-order valence-electron chi connectivity index (χ0n) is 22.0. The number of carbonyl (C=O) groups is 2. The number of aliphatic hydroxyl groups excluding tert-OH is 1. The first-order valence-electron chi connectivity index (χ1n) is 13.0. The van der Waals surface area contributed by atoms with Gasteiger partial charge in [0.05, 0.1) is 25.9 Å². The van der Waals surface area contributed by atoms with Crippen LogP contribution in [0.2, 0.25) is 0 Å². The molecule has 4 rings (SSSR count). The molecule has 7 nitrogen and oxygen atoms in total. The average molecular weight is 664 g/mol. The maximum atomic E-state index is 13.8. The van der Waals surface area contributed by atoms with Gasteiger partial charge in [-0.05, 0) is 76.5 Å². The van der Waals surface area contributed by atoms with Gasteiger partial charge in [0.15, 0.2) is 17.3 Å². The molecule has 0 fully saturated rings. The summed E-state index contributed by atoms with van der Waals surface area (Å²) in [4.78, 5) is 25.9. The zero-order valence-corrected chi connectivity index (χ0v) is 24.2. The molecule has 0 radical (unpaired) electrons. The number of methoxy groups -OCH3 is 1. The molecule has 40 heavy (non-hydrogen) atoms. The fraction of sp³-hybridized carbons (Fsp3) is 0.333. The molecule has 10 heteroatoms. The Balaban J connectivity index is 1.39. The first kappa shape index (κ1) is 29.9. The molecule has 1 aliphatic rings. The maximum Gasteiger partial charge on any atom is 0.220 e. The Bertz CT molecular complexity index is 1350. The number of hydrogen-bond donors (Lipinski definition) is 3. The summed E-state index contributed by atoms with van der Waals surface area (Å²) in [6.07, 6.45) is -0.642. The highest BCUT2D eigenvalue weighted by atomic mass is 127. The fourth-order valence-electron chi connectivity index (χ4n) is 4.75. The number of halogens is 3. The minimum absolute atomic E-state index is 0.00375. The third-order valence-corrected chi connectivity index (χ3v) is 7.35. The predicted molar refractivity (Wildman–Crippen MR) is 155 cm³/mol. The first-order valence-corrected chi connectivity index (χ1v) is 14.0. The lowest BCUT2D eigenvalue weighted by molar-refractivity contribution is -0.122. The molecule has 0 saturated carbocycles. The van der Waals surface area contributed by atoms with Crippen LogP contribution >= 0.6 is 22.6 Å². The Kier molecular flexibility index (Phi) is 10.5. The molecule has 2 atom stereocenters. The number of ether oxygens (including phenoxy) is 2. The topological polar surface area (TPSA) is 96.9 Å². The SMILES string of the molecule is COc1ccc(C(=O)CCC(=O)N[C@H](Cc2cc(F)cc(F)c2)[C@H](O)CNCc2cccc(I)c2)c2c1OCC2. The summed E-state index contributed by atoms with van der Waals surface area (Å²) < 4.78 is 39.6. The summed E-state index contributed by atoms with van der Waals surface area (Å²) in [7, 11) is 1.53. The van der Waals surface area contributed by atoms with E-state index in [9.17, 15) is 23.5 Å². The van der Waals surface area contributed by atoms with Gasteiger partial charge in [-0.25, -0.2) is 8.78 Å². The molecular formula is C30H31F2IN2O5. The van der Waals surface area contributed by atoms with Crippen molar-refractivity contribution in [1.29, 1.82) is 0 Å². The number of amides is 1. The molecular weight excluding hydrogens is 633 g/mol. The van der Waals surface area contributed by atoms with E-state index in [1.54, 1.807) is 12.1 Å². The van der Waals surface area contributed by atoms with Crippen molar-refractivity contribution in [2.24, 2.45) is 0 Å². The lowest BCUT2D eigenvalue weighted by Crippen LogP contribution is -2.48. The van der Waals surface area contributed by atoms with Gasteiger partial charge < -0.3 is 25.2 Å². The van der Waals surface area contributed by atoms with Crippen molar-refractivity contribution in [3.8, 4) is 11.5 Å². The van der Waals surface area contributed by atoms with E-state index >= 15 is 0 Å². The smallest absolute Gasteiger partial charge is 0.220 e. The van der Waals surface area contributed by atoms with Crippen LogP contribution in [-0.4, -0.2) is 49.2 Å². The van der Waals surface area contributed by atoms with E-state index in [1.807, 2.05) is 24.3 Å². The Morgan fingerprint density at radius 3 is 2.58 bits per heavy atom. The highest BCUT2D eigenvalue weighted by Gasteiger charge is 2.26. The summed E-state index contributed by atoms with van der Waals surface area (Å²) in [6, 6.07) is 13.5. The number of nitrogens with one attached hydrogen (secondary N) is 2. The third kappa shape index (κ3) is 7.98. The van der Waals surface area contributed by atoms with Crippen molar-refractivity contribution in [3.63, 3.8) is 0 Å². The Morgan fingerprint density at radius 1 is 1.07 bits per heavy atom. The largest absolute Gasteiger partial charge is 0.493 e. The lowest BCUT2D eigenvalue weighted by Gasteiger charge is -2.25. The highest BCUT2D eigenvalue weighted by Crippen LogP contribution is 2.38. The van der Waals surface area contributed by atoms with Crippen LogP contribution in [0.4, 0.5) is 8.78 Å². The van der Waals surface area contributed by atoms with Crippen LogP contribution in [0, 0.1) is 15.2 Å². The normalized spacial score (nSPS) is 13.7. The van der Waals surface area contributed by atoms with Gasteiger partial charge in [0.1, 0.15) is 11.6 Å². The standard InChI is InChI=1S/C30H31F2IN2O5/c1-39-28-7-5-23(24-9-10-40-30(24)28)26(36)6-8-29(38)35-25(14-19-11-20(31)15-21(32)12-19)27(37)17-34-16-18-3-2-4-22(33)13-18/h2-5,7,11-13,15,25,27,34,37H,6,8-10,14,16-17H2,1H3,(H,35,38)/t25-,27-/m1/s1. The lowest BCUT2D eigenvalue weighted by atomic mass is 9.97. The second-order valence-corrected chi connectivity index (χ2v) is 10.9. The third-order valence-electron chi connectivity index (χ3n) is 6.68. The summed E-state index contributed by atoms with van der Waals surface area (Å²) in [6.45, 7) is 1.08. The molecule has 3 aromatic rings. The molecule has 0 saturated heterocycles. The van der Waals surface area contributed by atoms with E-state index in [-0.39, 0.29) is 31.6 Å². The number of carbonyl (C=O) groups excluding carboxylic acids is 2. The summed E-state index contributed by atoms with van der Waals surface area (Å²) in [5, 5.41) is 16.9. The van der Waals surface area contributed by atoms with Crippen LogP contribution < -0.4 is 20.1 Å². The van der Waals surface area contributed by atoms with Crippen molar-refractivity contribution >= 4 is 34.3 Å². The zero-order chi connectivity index (χ0) is 28.6.